The maximum Gasteiger partial charge on any atom is 0.270 e. The molecule has 19 heavy (non-hydrogen) atoms. The van der Waals surface area contributed by atoms with E-state index < -0.39 is 0 Å². The molecule has 1 saturated carbocycles. The molecular formula is C14H16N4O. The molecule has 1 aliphatic carbocycles. The van der Waals surface area contributed by atoms with Gasteiger partial charge in [0.25, 0.3) is 5.91 Å². The van der Waals surface area contributed by atoms with Crippen LogP contribution in [0.4, 0.5) is 5.95 Å². The second-order valence-electron chi connectivity index (χ2n) is 4.94. The van der Waals surface area contributed by atoms with Crippen molar-refractivity contribution in [3.8, 4) is 0 Å². The van der Waals surface area contributed by atoms with E-state index in [2.05, 4.69) is 15.3 Å². The monoisotopic (exact) mass is 256 g/mol. The highest BCUT2D eigenvalue weighted by atomic mass is 16.1. The van der Waals surface area contributed by atoms with E-state index in [-0.39, 0.29) is 11.9 Å². The first-order chi connectivity index (χ1) is 9.24. The van der Waals surface area contributed by atoms with Crippen LogP contribution in [0.2, 0.25) is 0 Å². The van der Waals surface area contributed by atoms with E-state index in [1.165, 1.54) is 12.8 Å². The Balaban J connectivity index is 1.83. The van der Waals surface area contributed by atoms with Gasteiger partial charge in [0.2, 0.25) is 5.95 Å². The predicted octanol–water partition coefficient (Wildman–Crippen LogP) is 1.74. The number of rotatable bonds is 4. The molecule has 1 aromatic heterocycles. The fourth-order valence-corrected chi connectivity index (χ4v) is 2.15. The van der Waals surface area contributed by atoms with Crippen molar-refractivity contribution < 1.29 is 4.79 Å². The lowest BCUT2D eigenvalue weighted by molar-refractivity contribution is 0.0949. The fourth-order valence-electron chi connectivity index (χ4n) is 2.15. The Labute approximate surface area is 111 Å². The zero-order valence-corrected chi connectivity index (χ0v) is 10.6. The third-order valence-corrected chi connectivity index (χ3v) is 3.37. The number of para-hydroxylation sites is 1. The Morgan fingerprint density at radius 1 is 1.32 bits per heavy atom. The number of nitrogens with two attached hydrogens (primary N) is 1. The van der Waals surface area contributed by atoms with E-state index >= 15 is 0 Å². The SMILES string of the molecule is Nc1nc(C(=O)NCCC2CC2)c2ccccc2n1. The van der Waals surface area contributed by atoms with Crippen LogP contribution in [-0.2, 0) is 0 Å². The van der Waals surface area contributed by atoms with Gasteiger partial charge in [-0.2, -0.15) is 0 Å². The van der Waals surface area contributed by atoms with E-state index in [1.807, 2.05) is 24.3 Å². The lowest BCUT2D eigenvalue weighted by Gasteiger charge is -2.07. The Kier molecular flexibility index (Phi) is 3.03. The van der Waals surface area contributed by atoms with Gasteiger partial charge in [-0.05, 0) is 18.4 Å². The molecule has 1 aromatic carbocycles. The molecule has 2 aromatic rings. The van der Waals surface area contributed by atoms with Gasteiger partial charge in [-0.15, -0.1) is 0 Å². The lowest BCUT2D eigenvalue weighted by Crippen LogP contribution is -2.26. The van der Waals surface area contributed by atoms with Gasteiger partial charge in [0.1, 0.15) is 5.69 Å². The van der Waals surface area contributed by atoms with Gasteiger partial charge in [0.05, 0.1) is 5.52 Å². The van der Waals surface area contributed by atoms with Crippen molar-refractivity contribution in [2.24, 2.45) is 5.92 Å². The van der Waals surface area contributed by atoms with Crippen LogP contribution in [0.1, 0.15) is 29.8 Å². The van der Waals surface area contributed by atoms with Crippen molar-refractivity contribution in [3.05, 3.63) is 30.0 Å². The third-order valence-electron chi connectivity index (χ3n) is 3.37. The summed E-state index contributed by atoms with van der Waals surface area (Å²) in [6.45, 7) is 0.696. The minimum Gasteiger partial charge on any atom is -0.368 e. The van der Waals surface area contributed by atoms with Crippen molar-refractivity contribution in [2.45, 2.75) is 19.3 Å². The van der Waals surface area contributed by atoms with Crippen molar-refractivity contribution >= 4 is 22.8 Å². The van der Waals surface area contributed by atoms with Crippen molar-refractivity contribution in [1.82, 2.24) is 15.3 Å². The Morgan fingerprint density at radius 2 is 2.11 bits per heavy atom. The van der Waals surface area contributed by atoms with E-state index in [0.717, 1.165) is 17.7 Å². The number of nitrogen functional groups attached to an aromatic ring is 1. The number of hydrogen-bond donors (Lipinski definition) is 2. The van der Waals surface area contributed by atoms with E-state index in [9.17, 15) is 4.79 Å². The van der Waals surface area contributed by atoms with Crippen LogP contribution in [0.15, 0.2) is 24.3 Å². The number of fused-ring (bicyclic) bond motifs is 1. The maximum absolute atomic E-state index is 12.2. The van der Waals surface area contributed by atoms with Crippen LogP contribution in [0, 0.1) is 5.92 Å². The molecule has 0 aliphatic heterocycles. The van der Waals surface area contributed by atoms with Crippen molar-refractivity contribution in [2.75, 3.05) is 12.3 Å². The normalized spacial score (nSPS) is 14.5. The molecule has 0 saturated heterocycles. The molecule has 0 bridgehead atoms. The summed E-state index contributed by atoms with van der Waals surface area (Å²) in [7, 11) is 0. The van der Waals surface area contributed by atoms with Gasteiger partial charge in [0, 0.05) is 11.9 Å². The molecule has 1 aliphatic rings. The van der Waals surface area contributed by atoms with Crippen molar-refractivity contribution in [3.63, 3.8) is 0 Å². The molecule has 98 valence electrons. The number of aromatic nitrogens is 2. The topological polar surface area (TPSA) is 80.9 Å². The number of benzene rings is 1. The number of amides is 1. The highest BCUT2D eigenvalue weighted by Gasteiger charge is 2.21. The molecule has 1 heterocycles. The number of hydrogen-bond acceptors (Lipinski definition) is 4. The Hall–Kier alpha value is -2.17. The molecule has 5 nitrogen and oxygen atoms in total. The first-order valence-corrected chi connectivity index (χ1v) is 6.54. The smallest absolute Gasteiger partial charge is 0.270 e. The van der Waals surface area contributed by atoms with Crippen LogP contribution < -0.4 is 11.1 Å². The quantitative estimate of drug-likeness (QED) is 0.873. The predicted molar refractivity (Wildman–Crippen MR) is 73.6 cm³/mol. The van der Waals surface area contributed by atoms with E-state index in [0.29, 0.717) is 17.8 Å². The average molecular weight is 256 g/mol. The van der Waals surface area contributed by atoms with Crippen LogP contribution >= 0.6 is 0 Å². The lowest BCUT2D eigenvalue weighted by atomic mass is 10.1. The number of carbonyl (C=O) groups is 1. The van der Waals surface area contributed by atoms with Gasteiger partial charge in [0.15, 0.2) is 0 Å². The van der Waals surface area contributed by atoms with E-state index in [1.54, 1.807) is 0 Å². The first kappa shape index (κ1) is 11.9. The molecule has 0 unspecified atom stereocenters. The summed E-state index contributed by atoms with van der Waals surface area (Å²) in [6.07, 6.45) is 3.63. The molecular weight excluding hydrogens is 240 g/mol. The summed E-state index contributed by atoms with van der Waals surface area (Å²) >= 11 is 0. The van der Waals surface area contributed by atoms with Gasteiger partial charge in [-0.1, -0.05) is 31.0 Å². The summed E-state index contributed by atoms with van der Waals surface area (Å²) < 4.78 is 0. The Bertz CT molecular complexity index is 622. The van der Waals surface area contributed by atoms with Gasteiger partial charge < -0.3 is 11.1 Å². The highest BCUT2D eigenvalue weighted by Crippen LogP contribution is 2.31. The largest absolute Gasteiger partial charge is 0.368 e. The van der Waals surface area contributed by atoms with Crippen molar-refractivity contribution in [1.29, 1.82) is 0 Å². The fraction of sp³-hybridized carbons (Fsp3) is 0.357. The molecule has 0 radical (unpaired) electrons. The van der Waals surface area contributed by atoms with E-state index in [4.69, 9.17) is 5.73 Å². The van der Waals surface area contributed by atoms with Gasteiger partial charge >= 0.3 is 0 Å². The Morgan fingerprint density at radius 3 is 2.89 bits per heavy atom. The summed E-state index contributed by atoms with van der Waals surface area (Å²) in [4.78, 5) is 20.3. The standard InChI is InChI=1S/C14H16N4O/c15-14-17-11-4-2-1-3-10(11)12(18-14)13(19)16-8-7-9-5-6-9/h1-4,9H,5-8H2,(H,16,19)(H2,15,17,18). The maximum atomic E-state index is 12.2. The molecule has 3 N–H and O–H groups in total. The molecule has 0 spiro atoms. The van der Waals surface area contributed by atoms with Crippen LogP contribution in [0.25, 0.3) is 10.9 Å². The minimum atomic E-state index is -0.175. The molecule has 3 rings (SSSR count). The second kappa shape index (κ2) is 4.84. The average Bonchev–Trinajstić information content (AvgIpc) is 3.21. The number of nitrogens with one attached hydrogen (secondary N) is 1. The summed E-state index contributed by atoms with van der Waals surface area (Å²) in [5.41, 5.74) is 6.70. The second-order valence-corrected chi connectivity index (χ2v) is 4.94. The van der Waals surface area contributed by atoms with Crippen LogP contribution in [0.5, 0.6) is 0 Å². The van der Waals surface area contributed by atoms with Crippen LogP contribution in [0.3, 0.4) is 0 Å². The summed E-state index contributed by atoms with van der Waals surface area (Å²) in [5.74, 6) is 0.754. The minimum absolute atomic E-state index is 0.131. The van der Waals surface area contributed by atoms with Gasteiger partial charge in [-0.3, -0.25) is 4.79 Å². The van der Waals surface area contributed by atoms with Gasteiger partial charge in [-0.25, -0.2) is 9.97 Å². The molecule has 1 amide bonds. The number of carbonyl (C=O) groups excluding carboxylic acids is 1. The summed E-state index contributed by atoms with van der Waals surface area (Å²) in [6, 6.07) is 7.39. The molecule has 1 fully saturated rings. The first-order valence-electron chi connectivity index (χ1n) is 6.54. The highest BCUT2D eigenvalue weighted by molar-refractivity contribution is 6.04. The summed E-state index contributed by atoms with van der Waals surface area (Å²) in [5, 5.41) is 3.64. The van der Waals surface area contributed by atoms with Crippen LogP contribution in [-0.4, -0.2) is 22.4 Å². The zero-order valence-electron chi connectivity index (χ0n) is 10.6. The molecule has 0 atom stereocenters. The zero-order chi connectivity index (χ0) is 13.2. The molecule has 5 heteroatoms. The third kappa shape index (κ3) is 2.65. The number of nitrogens with zero attached hydrogens (tertiary/aromatic N) is 2. The number of anilines is 1.